The van der Waals surface area contributed by atoms with Gasteiger partial charge in [0.25, 0.3) is 0 Å². The molecule has 0 radical (unpaired) electrons. The van der Waals surface area contributed by atoms with E-state index in [0.29, 0.717) is 0 Å². The Hall–Kier alpha value is -0.390. The highest BCUT2D eigenvalue weighted by Gasteiger charge is 2.13. The quantitative estimate of drug-likeness (QED) is 0.872. The summed E-state index contributed by atoms with van der Waals surface area (Å²) in [5.74, 6) is 0. The molecule has 0 aliphatic carbocycles. The maximum Gasteiger partial charge on any atom is 0.0663 e. The summed E-state index contributed by atoms with van der Waals surface area (Å²) < 4.78 is 3.06. The van der Waals surface area contributed by atoms with Gasteiger partial charge < -0.3 is 5.32 Å². The first kappa shape index (κ1) is 11.1. The molecule has 2 heterocycles. The van der Waals surface area contributed by atoms with Gasteiger partial charge in [0.1, 0.15) is 0 Å². The Morgan fingerprint density at radius 1 is 1.47 bits per heavy atom. The molecule has 0 saturated carbocycles. The fourth-order valence-corrected chi connectivity index (χ4v) is 2.36. The van der Waals surface area contributed by atoms with E-state index in [4.69, 9.17) is 0 Å². The first-order chi connectivity index (χ1) is 7.27. The second kappa shape index (κ2) is 5.09. The Bertz CT molecular complexity index is 296. The maximum atomic E-state index is 4.23. The summed E-state index contributed by atoms with van der Waals surface area (Å²) in [5, 5.41) is 7.64. The SMILES string of the molecule is Cn1ncc(Br)c1CN1CCCNCC1. The normalized spacial score (nSPS) is 19.1. The van der Waals surface area contributed by atoms with Gasteiger partial charge in [0.05, 0.1) is 16.4 Å². The summed E-state index contributed by atoms with van der Waals surface area (Å²) in [5.41, 5.74) is 1.26. The molecule has 1 aromatic rings. The van der Waals surface area contributed by atoms with Gasteiger partial charge in [-0.05, 0) is 35.4 Å². The molecule has 1 aliphatic rings. The number of rotatable bonds is 2. The van der Waals surface area contributed by atoms with Gasteiger partial charge in [0, 0.05) is 26.7 Å². The van der Waals surface area contributed by atoms with Gasteiger partial charge in [-0.2, -0.15) is 5.10 Å². The summed E-state index contributed by atoms with van der Waals surface area (Å²) in [6, 6.07) is 0. The third-order valence-corrected chi connectivity index (χ3v) is 3.48. The van der Waals surface area contributed by atoms with Crippen LogP contribution in [0.15, 0.2) is 10.7 Å². The second-order valence-corrected chi connectivity index (χ2v) is 4.80. The van der Waals surface area contributed by atoms with Crippen LogP contribution in [0, 0.1) is 0 Å². The molecule has 0 unspecified atom stereocenters. The van der Waals surface area contributed by atoms with E-state index in [9.17, 15) is 0 Å². The van der Waals surface area contributed by atoms with E-state index in [1.54, 1.807) is 0 Å². The van der Waals surface area contributed by atoms with Crippen LogP contribution >= 0.6 is 15.9 Å². The van der Waals surface area contributed by atoms with Gasteiger partial charge in [0.2, 0.25) is 0 Å². The Labute approximate surface area is 98.8 Å². The van der Waals surface area contributed by atoms with Crippen LogP contribution in [0.1, 0.15) is 12.1 Å². The van der Waals surface area contributed by atoms with Crippen LogP contribution in [0.2, 0.25) is 0 Å². The van der Waals surface area contributed by atoms with Crippen LogP contribution in [0.3, 0.4) is 0 Å². The van der Waals surface area contributed by atoms with Crippen molar-refractivity contribution >= 4 is 15.9 Å². The van der Waals surface area contributed by atoms with Crippen molar-refractivity contribution < 1.29 is 0 Å². The van der Waals surface area contributed by atoms with Crippen molar-refractivity contribution in [2.24, 2.45) is 7.05 Å². The van der Waals surface area contributed by atoms with Crippen molar-refractivity contribution in [1.29, 1.82) is 0 Å². The van der Waals surface area contributed by atoms with Gasteiger partial charge >= 0.3 is 0 Å². The Kier molecular flexibility index (Phi) is 3.77. The van der Waals surface area contributed by atoms with Gasteiger partial charge in [-0.15, -0.1) is 0 Å². The number of nitrogens with zero attached hydrogens (tertiary/aromatic N) is 3. The van der Waals surface area contributed by atoms with Crippen LogP contribution < -0.4 is 5.32 Å². The lowest BCUT2D eigenvalue weighted by Crippen LogP contribution is -2.28. The van der Waals surface area contributed by atoms with Crippen LogP contribution in [-0.2, 0) is 13.6 Å². The molecule has 15 heavy (non-hydrogen) atoms. The van der Waals surface area contributed by atoms with Crippen molar-refractivity contribution in [3.05, 3.63) is 16.4 Å². The Morgan fingerprint density at radius 2 is 2.33 bits per heavy atom. The Balaban J connectivity index is 2.00. The molecular weight excluding hydrogens is 256 g/mol. The summed E-state index contributed by atoms with van der Waals surface area (Å²) in [4.78, 5) is 2.47. The fourth-order valence-electron chi connectivity index (χ4n) is 1.89. The standard InChI is InChI=1S/C10H17BrN4/c1-14-10(9(11)7-13-14)8-15-5-2-3-12-4-6-15/h7,12H,2-6,8H2,1H3. The summed E-state index contributed by atoms with van der Waals surface area (Å²) in [6.07, 6.45) is 3.10. The van der Waals surface area contributed by atoms with E-state index >= 15 is 0 Å². The molecule has 84 valence electrons. The summed E-state index contributed by atoms with van der Waals surface area (Å²) >= 11 is 3.54. The van der Waals surface area contributed by atoms with Crippen molar-refractivity contribution in [1.82, 2.24) is 20.0 Å². The molecular formula is C10H17BrN4. The van der Waals surface area contributed by atoms with Gasteiger partial charge in [-0.25, -0.2) is 0 Å². The van der Waals surface area contributed by atoms with Crippen LogP contribution in [-0.4, -0.2) is 40.9 Å². The van der Waals surface area contributed by atoms with Crippen LogP contribution in [0.5, 0.6) is 0 Å². The first-order valence-corrected chi connectivity index (χ1v) is 6.16. The highest BCUT2D eigenvalue weighted by Crippen LogP contribution is 2.17. The molecule has 0 bridgehead atoms. The smallest absolute Gasteiger partial charge is 0.0663 e. The predicted octanol–water partition coefficient (Wildman–Crippen LogP) is 0.978. The van der Waals surface area contributed by atoms with E-state index in [0.717, 1.165) is 30.7 Å². The molecule has 0 amide bonds. The molecule has 1 aromatic heterocycles. The van der Waals surface area contributed by atoms with Gasteiger partial charge in [-0.3, -0.25) is 9.58 Å². The zero-order valence-electron chi connectivity index (χ0n) is 9.04. The summed E-state index contributed by atoms with van der Waals surface area (Å²) in [6.45, 7) is 5.51. The minimum atomic E-state index is 0.985. The van der Waals surface area contributed by atoms with Crippen molar-refractivity contribution in [3.63, 3.8) is 0 Å². The van der Waals surface area contributed by atoms with Gasteiger partial charge in [0.15, 0.2) is 0 Å². The lowest BCUT2D eigenvalue weighted by molar-refractivity contribution is 0.276. The lowest BCUT2D eigenvalue weighted by Gasteiger charge is -2.19. The molecule has 1 aliphatic heterocycles. The Morgan fingerprint density at radius 3 is 3.07 bits per heavy atom. The number of hydrogen-bond acceptors (Lipinski definition) is 3. The third-order valence-electron chi connectivity index (χ3n) is 2.82. The van der Waals surface area contributed by atoms with Crippen LogP contribution in [0.4, 0.5) is 0 Å². The number of halogens is 1. The number of aryl methyl sites for hydroxylation is 1. The third kappa shape index (κ3) is 2.80. The molecule has 1 saturated heterocycles. The molecule has 1 fully saturated rings. The predicted molar refractivity (Wildman–Crippen MR) is 63.7 cm³/mol. The number of nitrogens with one attached hydrogen (secondary N) is 1. The zero-order chi connectivity index (χ0) is 10.7. The van der Waals surface area contributed by atoms with E-state index in [1.807, 2.05) is 17.9 Å². The molecule has 1 N–H and O–H groups in total. The van der Waals surface area contributed by atoms with Crippen molar-refractivity contribution in [2.45, 2.75) is 13.0 Å². The van der Waals surface area contributed by atoms with E-state index in [-0.39, 0.29) is 0 Å². The van der Waals surface area contributed by atoms with Crippen molar-refractivity contribution in [2.75, 3.05) is 26.2 Å². The van der Waals surface area contributed by atoms with E-state index in [1.165, 1.54) is 18.7 Å². The first-order valence-electron chi connectivity index (χ1n) is 5.37. The minimum Gasteiger partial charge on any atom is -0.315 e. The number of aromatic nitrogens is 2. The molecule has 2 rings (SSSR count). The lowest BCUT2D eigenvalue weighted by atomic mass is 10.3. The minimum absolute atomic E-state index is 0.985. The summed E-state index contributed by atoms with van der Waals surface area (Å²) in [7, 11) is 2.00. The monoisotopic (exact) mass is 272 g/mol. The fraction of sp³-hybridized carbons (Fsp3) is 0.700. The second-order valence-electron chi connectivity index (χ2n) is 3.94. The molecule has 0 aromatic carbocycles. The average molecular weight is 273 g/mol. The molecule has 0 spiro atoms. The highest BCUT2D eigenvalue weighted by molar-refractivity contribution is 9.10. The number of hydrogen-bond donors (Lipinski definition) is 1. The van der Waals surface area contributed by atoms with E-state index in [2.05, 4.69) is 31.2 Å². The molecule has 4 nitrogen and oxygen atoms in total. The largest absolute Gasteiger partial charge is 0.315 e. The molecule has 0 atom stereocenters. The zero-order valence-corrected chi connectivity index (χ0v) is 10.6. The van der Waals surface area contributed by atoms with Crippen LogP contribution in [0.25, 0.3) is 0 Å². The van der Waals surface area contributed by atoms with Crippen molar-refractivity contribution in [3.8, 4) is 0 Å². The van der Waals surface area contributed by atoms with Gasteiger partial charge in [-0.1, -0.05) is 0 Å². The van der Waals surface area contributed by atoms with E-state index < -0.39 is 0 Å². The maximum absolute atomic E-state index is 4.23. The highest BCUT2D eigenvalue weighted by atomic mass is 79.9. The topological polar surface area (TPSA) is 33.1 Å². The average Bonchev–Trinajstić information content (AvgIpc) is 2.49. The molecule has 5 heteroatoms.